The first-order valence-corrected chi connectivity index (χ1v) is 11.9. The van der Waals surface area contributed by atoms with Gasteiger partial charge >= 0.3 is 0 Å². The molecule has 1 atom stereocenters. The summed E-state index contributed by atoms with van der Waals surface area (Å²) < 4.78 is 11.0. The first-order chi connectivity index (χ1) is 16.6. The molecule has 0 saturated heterocycles. The van der Waals surface area contributed by atoms with Gasteiger partial charge in [0.15, 0.2) is 11.3 Å². The summed E-state index contributed by atoms with van der Waals surface area (Å²) in [6, 6.07) is 20.7. The third-order valence-electron chi connectivity index (χ3n) is 5.56. The highest BCUT2D eigenvalue weighted by molar-refractivity contribution is 8.13. The molecule has 0 bridgehead atoms. The minimum absolute atomic E-state index is 0.239. The lowest BCUT2D eigenvalue weighted by molar-refractivity contribution is -0.116. The molecule has 3 aromatic carbocycles. The van der Waals surface area contributed by atoms with Crippen molar-refractivity contribution in [1.29, 1.82) is 0 Å². The number of para-hydroxylation sites is 1. The van der Waals surface area contributed by atoms with Gasteiger partial charge in [0.2, 0.25) is 0 Å². The van der Waals surface area contributed by atoms with Gasteiger partial charge in [-0.2, -0.15) is 0 Å². The van der Waals surface area contributed by atoms with Gasteiger partial charge in [0, 0.05) is 27.6 Å². The van der Waals surface area contributed by atoms with Crippen LogP contribution in [0.3, 0.4) is 0 Å². The van der Waals surface area contributed by atoms with E-state index in [-0.39, 0.29) is 5.91 Å². The second-order valence-corrected chi connectivity index (χ2v) is 8.93. The molecule has 9 heteroatoms. The molecule has 7 nitrogen and oxygen atoms in total. The number of methoxy groups -OCH3 is 2. The van der Waals surface area contributed by atoms with Crippen LogP contribution in [0, 0.1) is 0 Å². The number of nitrogens with zero attached hydrogens (tertiary/aromatic N) is 3. The average molecular weight is 493 g/mol. The van der Waals surface area contributed by atoms with Crippen molar-refractivity contribution in [2.75, 3.05) is 14.2 Å². The number of halogens is 1. The molecule has 0 unspecified atom stereocenters. The molecule has 2 aliphatic heterocycles. The smallest absolute Gasteiger partial charge is 0.276 e. The Bertz CT molecular complexity index is 1430. The summed E-state index contributed by atoms with van der Waals surface area (Å²) in [5, 5.41) is 12.0. The maximum absolute atomic E-state index is 13.3. The third-order valence-corrected chi connectivity index (χ3v) is 6.84. The number of thioether (sulfide) groups is 1. The first-order valence-electron chi connectivity index (χ1n) is 10.5. The van der Waals surface area contributed by atoms with Gasteiger partial charge in [0.05, 0.1) is 19.6 Å². The summed E-state index contributed by atoms with van der Waals surface area (Å²) in [6.45, 7) is 0. The number of rotatable bonds is 5. The number of carbonyl (C=O) groups excluding carboxylic acids is 1. The van der Waals surface area contributed by atoms with Gasteiger partial charge in [-0.05, 0) is 29.8 Å². The van der Waals surface area contributed by atoms with E-state index in [2.05, 4.69) is 5.32 Å². The van der Waals surface area contributed by atoms with E-state index in [0.29, 0.717) is 38.5 Å². The summed E-state index contributed by atoms with van der Waals surface area (Å²) in [7, 11) is 3.19. The number of nitrogens with one attached hydrogen (secondary N) is 1. The summed E-state index contributed by atoms with van der Waals surface area (Å²) in [5.41, 5.74) is 2.17. The number of fused-ring (bicyclic) bond motifs is 2. The minimum Gasteiger partial charge on any atom is -0.497 e. The monoisotopic (exact) mass is 492 g/mol. The second kappa shape index (κ2) is 9.40. The number of hydrazone groups is 1. The van der Waals surface area contributed by atoms with Gasteiger partial charge in [-0.1, -0.05) is 59.8 Å². The van der Waals surface area contributed by atoms with Gasteiger partial charge in [0.1, 0.15) is 17.2 Å². The Balaban J connectivity index is 1.59. The number of amidine groups is 1. The van der Waals surface area contributed by atoms with Gasteiger partial charge in [0.25, 0.3) is 5.91 Å². The minimum atomic E-state index is -0.590. The number of hydrogen-bond donors (Lipinski definition) is 1. The molecule has 0 aliphatic carbocycles. The van der Waals surface area contributed by atoms with E-state index in [9.17, 15) is 4.79 Å². The van der Waals surface area contributed by atoms with Crippen LogP contribution >= 0.6 is 23.4 Å². The standard InChI is InChI=1S/C25H21ClN4O3S/c1-32-16-11-12-18(21(13-16)33-2)23-27-20-10-6-4-8-17(20)22-24(31)28-25(29-30(22)23)34-14-15-7-3-5-9-19(15)26/h3-13,23H,14H2,1-2H3,(H,28,29,31)/t23-/m1/s1. The summed E-state index contributed by atoms with van der Waals surface area (Å²) in [5.74, 6) is 1.58. The lowest BCUT2D eigenvalue weighted by Crippen LogP contribution is -2.50. The summed E-state index contributed by atoms with van der Waals surface area (Å²) in [4.78, 5) is 18.2. The zero-order chi connectivity index (χ0) is 23.7. The number of carbonyl (C=O) groups is 1. The molecule has 2 heterocycles. The average Bonchev–Trinajstić information content (AvgIpc) is 2.87. The fourth-order valence-electron chi connectivity index (χ4n) is 3.89. The highest BCUT2D eigenvalue weighted by Gasteiger charge is 2.35. The summed E-state index contributed by atoms with van der Waals surface area (Å²) >= 11 is 7.71. The molecule has 2 aliphatic rings. The lowest BCUT2D eigenvalue weighted by atomic mass is 10.1. The zero-order valence-corrected chi connectivity index (χ0v) is 20.1. The Morgan fingerprint density at radius 2 is 1.85 bits per heavy atom. The molecule has 34 heavy (non-hydrogen) atoms. The number of benzene rings is 3. The highest BCUT2D eigenvalue weighted by Crippen LogP contribution is 2.37. The Labute approximate surface area is 205 Å². The Kier molecular flexibility index (Phi) is 6.17. The predicted octanol–water partition coefficient (Wildman–Crippen LogP) is 3.43. The van der Waals surface area contributed by atoms with Crippen molar-refractivity contribution in [3.63, 3.8) is 0 Å². The van der Waals surface area contributed by atoms with E-state index in [1.54, 1.807) is 25.3 Å². The van der Waals surface area contributed by atoms with Crippen molar-refractivity contribution in [2.45, 2.75) is 11.9 Å². The van der Waals surface area contributed by atoms with Crippen LogP contribution in [-0.2, 0) is 10.5 Å². The predicted molar refractivity (Wildman–Crippen MR) is 133 cm³/mol. The number of ether oxygens (including phenoxy) is 2. The summed E-state index contributed by atoms with van der Waals surface area (Å²) in [6.07, 6.45) is -0.590. The molecule has 0 saturated carbocycles. The first kappa shape index (κ1) is 22.3. The van der Waals surface area contributed by atoms with Crippen LogP contribution in [0.2, 0.25) is 5.02 Å². The zero-order valence-electron chi connectivity index (χ0n) is 18.5. The Morgan fingerprint density at radius 3 is 2.65 bits per heavy atom. The van der Waals surface area contributed by atoms with Gasteiger partial charge in [-0.25, -0.2) is 5.01 Å². The lowest BCUT2D eigenvalue weighted by Gasteiger charge is -2.34. The quantitative estimate of drug-likeness (QED) is 0.590. The van der Waals surface area contributed by atoms with Crippen molar-refractivity contribution in [3.05, 3.63) is 93.5 Å². The normalized spacial score (nSPS) is 16.6. The van der Waals surface area contributed by atoms with Crippen LogP contribution in [0.5, 0.6) is 11.5 Å². The van der Waals surface area contributed by atoms with Crippen molar-refractivity contribution in [1.82, 2.24) is 10.3 Å². The van der Waals surface area contributed by atoms with E-state index >= 15 is 0 Å². The Morgan fingerprint density at radius 1 is 1.06 bits per heavy atom. The molecule has 3 aromatic rings. The van der Waals surface area contributed by atoms with Crippen molar-refractivity contribution in [2.24, 2.45) is 10.1 Å². The molecule has 0 aromatic heterocycles. The molecule has 1 N–H and O–H groups in total. The SMILES string of the molecule is COc1ccc([C@@H]2N=c3ccccc3=C3C(=O)NC(SCc4ccccc4Cl)=NN32)c(OC)c1. The molecule has 0 fully saturated rings. The molecule has 1 amide bonds. The van der Waals surface area contributed by atoms with Crippen molar-refractivity contribution in [3.8, 4) is 11.5 Å². The van der Waals surface area contributed by atoms with Crippen LogP contribution in [0.4, 0.5) is 0 Å². The van der Waals surface area contributed by atoms with E-state index in [4.69, 9.17) is 31.2 Å². The molecular weight excluding hydrogens is 472 g/mol. The maximum Gasteiger partial charge on any atom is 0.276 e. The van der Waals surface area contributed by atoms with E-state index in [1.165, 1.54) is 11.8 Å². The Hall–Kier alpha value is -3.49. The topological polar surface area (TPSA) is 75.5 Å². The largest absolute Gasteiger partial charge is 0.497 e. The number of amides is 1. The van der Waals surface area contributed by atoms with Crippen molar-refractivity contribution >= 4 is 40.1 Å². The maximum atomic E-state index is 13.3. The van der Waals surface area contributed by atoms with Gasteiger partial charge in [-0.15, -0.1) is 5.10 Å². The van der Waals surface area contributed by atoms with E-state index < -0.39 is 6.17 Å². The van der Waals surface area contributed by atoms with Crippen LogP contribution in [0.15, 0.2) is 76.8 Å². The molecule has 0 spiro atoms. The highest BCUT2D eigenvalue weighted by atomic mass is 35.5. The molecular formula is C25H21ClN4O3S. The van der Waals surface area contributed by atoms with Crippen LogP contribution < -0.4 is 25.4 Å². The van der Waals surface area contributed by atoms with Crippen molar-refractivity contribution < 1.29 is 14.3 Å². The third kappa shape index (κ3) is 4.10. The molecule has 172 valence electrons. The van der Waals surface area contributed by atoms with Crippen LogP contribution in [0.25, 0.3) is 5.70 Å². The molecule has 5 rings (SSSR count). The van der Waals surface area contributed by atoms with E-state index in [0.717, 1.165) is 16.3 Å². The molecule has 0 radical (unpaired) electrons. The van der Waals surface area contributed by atoms with Crippen LogP contribution in [-0.4, -0.2) is 30.3 Å². The van der Waals surface area contributed by atoms with Gasteiger partial charge in [-0.3, -0.25) is 15.1 Å². The van der Waals surface area contributed by atoms with Crippen LogP contribution in [0.1, 0.15) is 17.3 Å². The fourth-order valence-corrected chi connectivity index (χ4v) is 5.02. The van der Waals surface area contributed by atoms with Gasteiger partial charge < -0.3 is 9.47 Å². The second-order valence-electron chi connectivity index (χ2n) is 7.56. The number of hydrogen-bond acceptors (Lipinski definition) is 7. The van der Waals surface area contributed by atoms with E-state index in [1.807, 2.05) is 60.7 Å². The fraction of sp³-hybridized carbons (Fsp3) is 0.160.